The number of rotatable bonds is 2. The fraction of sp³-hybridized carbons (Fsp3) is 0.389. The Bertz CT molecular complexity index is 597. The lowest BCUT2D eigenvalue weighted by atomic mass is 10.1. The molecule has 0 aliphatic carbocycles. The number of hydrogen-bond acceptors (Lipinski definition) is 6. The van der Waals surface area contributed by atoms with Gasteiger partial charge in [-0.1, -0.05) is 56.5 Å². The lowest BCUT2D eigenvalue weighted by molar-refractivity contribution is 0.189. The number of allylic oxidation sites excluding steroid dienone is 5. The molecule has 1 unspecified atom stereocenters. The van der Waals surface area contributed by atoms with Gasteiger partial charge in [-0.2, -0.15) is 4.98 Å². The summed E-state index contributed by atoms with van der Waals surface area (Å²) in [5.74, 6) is 0.490. The molecule has 0 spiro atoms. The van der Waals surface area contributed by atoms with Gasteiger partial charge in [-0.25, -0.2) is 0 Å². The molecule has 0 amide bonds. The molecule has 0 bridgehead atoms. The van der Waals surface area contributed by atoms with Crippen LogP contribution in [0.5, 0.6) is 5.88 Å². The van der Waals surface area contributed by atoms with E-state index < -0.39 is 0 Å². The van der Waals surface area contributed by atoms with Crippen LogP contribution in [0.2, 0.25) is 0 Å². The van der Waals surface area contributed by atoms with Crippen LogP contribution in [0.4, 0.5) is 0 Å². The lowest BCUT2D eigenvalue weighted by Gasteiger charge is -2.13. The minimum absolute atomic E-state index is 0.188. The first-order valence-electron chi connectivity index (χ1n) is 7.89. The Morgan fingerprint density at radius 3 is 2.33 bits per heavy atom. The summed E-state index contributed by atoms with van der Waals surface area (Å²) in [6.45, 7) is 16.9. The second-order valence-corrected chi connectivity index (χ2v) is 5.06. The number of nitrogens with zero attached hydrogens (tertiary/aromatic N) is 3. The second kappa shape index (κ2) is 12.4. The molecular formula is C18H28N4OS. The highest BCUT2D eigenvalue weighted by Crippen LogP contribution is 2.31. The third kappa shape index (κ3) is 6.20. The average Bonchev–Trinajstić information content (AvgIpc) is 2.73. The Morgan fingerprint density at radius 2 is 1.83 bits per heavy atom. The van der Waals surface area contributed by atoms with Gasteiger partial charge in [0.1, 0.15) is 0 Å². The molecule has 2 rings (SSSR count). The standard InChI is InChI=1S/C13H16N4OS.C3H6.C2H6/c1-5-7-9-10(6-2)14-8(3)18-12-11(9)16-17-13(15-12)19-4;1-3-2;1-2/h5-8,14H,1H2,2-4H3;3H,1H2,2H3;1-2H3/b9-7+,10-6+;;. The molecule has 24 heavy (non-hydrogen) atoms. The number of ether oxygens (including phenoxy) is 1. The van der Waals surface area contributed by atoms with E-state index in [1.807, 2.05) is 53.0 Å². The number of fused-ring (bicyclic) bond motifs is 1. The molecule has 0 saturated heterocycles. The van der Waals surface area contributed by atoms with Crippen molar-refractivity contribution < 1.29 is 4.74 Å². The zero-order valence-corrected chi connectivity index (χ0v) is 16.3. The maximum absolute atomic E-state index is 5.75. The van der Waals surface area contributed by atoms with E-state index in [9.17, 15) is 0 Å². The monoisotopic (exact) mass is 348 g/mol. The Kier molecular flexibility index (Phi) is 11.3. The summed E-state index contributed by atoms with van der Waals surface area (Å²) in [5.41, 5.74) is 2.44. The minimum atomic E-state index is -0.188. The highest BCUT2D eigenvalue weighted by molar-refractivity contribution is 7.98. The zero-order chi connectivity index (χ0) is 18.5. The van der Waals surface area contributed by atoms with Gasteiger partial charge in [-0.05, 0) is 27.0 Å². The summed E-state index contributed by atoms with van der Waals surface area (Å²) >= 11 is 1.43. The molecule has 0 saturated carbocycles. The average molecular weight is 349 g/mol. The molecular weight excluding hydrogens is 320 g/mol. The Labute approximate surface area is 150 Å². The fourth-order valence-electron chi connectivity index (χ4n) is 1.78. The molecule has 1 aliphatic rings. The van der Waals surface area contributed by atoms with Gasteiger partial charge in [0.15, 0.2) is 11.9 Å². The van der Waals surface area contributed by atoms with Crippen molar-refractivity contribution in [3.05, 3.63) is 48.9 Å². The molecule has 0 radical (unpaired) electrons. The van der Waals surface area contributed by atoms with Crippen molar-refractivity contribution in [1.29, 1.82) is 0 Å². The predicted molar refractivity (Wildman–Crippen MR) is 104 cm³/mol. The molecule has 1 aromatic heterocycles. The van der Waals surface area contributed by atoms with E-state index in [4.69, 9.17) is 4.74 Å². The SMILES string of the molecule is C=C/C=C1\C(=C/C)NC(C)Oc2nc(SC)nnc21.C=CC.CC. The van der Waals surface area contributed by atoms with E-state index in [1.54, 1.807) is 12.2 Å². The predicted octanol–water partition coefficient (Wildman–Crippen LogP) is 4.61. The van der Waals surface area contributed by atoms with Gasteiger partial charge >= 0.3 is 0 Å². The van der Waals surface area contributed by atoms with Crippen LogP contribution in [0.25, 0.3) is 5.57 Å². The molecule has 5 nitrogen and oxygen atoms in total. The highest BCUT2D eigenvalue weighted by Gasteiger charge is 2.24. The Morgan fingerprint density at radius 1 is 1.21 bits per heavy atom. The number of nitrogens with one attached hydrogen (secondary N) is 1. The minimum Gasteiger partial charge on any atom is -0.452 e. The van der Waals surface area contributed by atoms with Crippen molar-refractivity contribution in [3.63, 3.8) is 0 Å². The van der Waals surface area contributed by atoms with Gasteiger partial charge in [0, 0.05) is 11.3 Å². The van der Waals surface area contributed by atoms with Crippen molar-refractivity contribution >= 4 is 17.3 Å². The maximum atomic E-state index is 5.75. The Balaban J connectivity index is 0.000000952. The fourth-order valence-corrected chi connectivity index (χ4v) is 2.08. The third-order valence-electron chi connectivity index (χ3n) is 2.58. The maximum Gasteiger partial charge on any atom is 0.247 e. The first-order chi connectivity index (χ1) is 11.6. The van der Waals surface area contributed by atoms with Crippen LogP contribution in [-0.2, 0) is 0 Å². The topological polar surface area (TPSA) is 59.9 Å². The van der Waals surface area contributed by atoms with Crippen LogP contribution in [0.3, 0.4) is 0 Å². The van der Waals surface area contributed by atoms with E-state index in [2.05, 4.69) is 33.7 Å². The Hall–Kier alpha value is -2.08. The normalized spacial score (nSPS) is 18.5. The molecule has 1 aromatic rings. The molecule has 6 heteroatoms. The molecule has 0 aromatic carbocycles. The second-order valence-electron chi connectivity index (χ2n) is 4.28. The van der Waals surface area contributed by atoms with Crippen LogP contribution in [0.1, 0.15) is 40.3 Å². The molecule has 1 aliphatic heterocycles. The van der Waals surface area contributed by atoms with Gasteiger partial charge in [0.25, 0.3) is 0 Å². The van der Waals surface area contributed by atoms with Crippen molar-refractivity contribution in [2.75, 3.05) is 6.26 Å². The number of hydrogen-bond donors (Lipinski definition) is 1. The highest BCUT2D eigenvalue weighted by atomic mass is 32.2. The van der Waals surface area contributed by atoms with Crippen molar-refractivity contribution in [1.82, 2.24) is 20.5 Å². The summed E-state index contributed by atoms with van der Waals surface area (Å²) < 4.78 is 5.75. The summed E-state index contributed by atoms with van der Waals surface area (Å²) in [6, 6.07) is 0. The van der Waals surface area contributed by atoms with Gasteiger partial charge in [0.2, 0.25) is 11.0 Å². The molecule has 0 fully saturated rings. The van der Waals surface area contributed by atoms with Crippen LogP contribution < -0.4 is 10.1 Å². The largest absolute Gasteiger partial charge is 0.452 e. The molecule has 1 atom stereocenters. The van der Waals surface area contributed by atoms with Gasteiger partial charge in [0.05, 0.1) is 0 Å². The summed E-state index contributed by atoms with van der Waals surface area (Å²) in [6.07, 6.45) is 9.02. The van der Waals surface area contributed by atoms with Crippen LogP contribution >= 0.6 is 11.8 Å². The van der Waals surface area contributed by atoms with Crippen LogP contribution in [0.15, 0.2) is 48.3 Å². The van der Waals surface area contributed by atoms with E-state index in [0.717, 1.165) is 11.3 Å². The summed E-state index contributed by atoms with van der Waals surface area (Å²) in [5, 5.41) is 12.1. The lowest BCUT2D eigenvalue weighted by Crippen LogP contribution is -2.29. The smallest absolute Gasteiger partial charge is 0.247 e. The molecule has 1 N–H and O–H groups in total. The summed E-state index contributed by atoms with van der Waals surface area (Å²) in [7, 11) is 0. The number of aromatic nitrogens is 3. The van der Waals surface area contributed by atoms with E-state index in [0.29, 0.717) is 16.7 Å². The zero-order valence-electron chi connectivity index (χ0n) is 15.5. The first kappa shape index (κ1) is 21.9. The van der Waals surface area contributed by atoms with E-state index in [1.165, 1.54) is 11.8 Å². The quantitative estimate of drug-likeness (QED) is 0.622. The van der Waals surface area contributed by atoms with Gasteiger partial charge in [-0.3, -0.25) is 0 Å². The van der Waals surface area contributed by atoms with Crippen LogP contribution in [-0.4, -0.2) is 27.7 Å². The van der Waals surface area contributed by atoms with E-state index >= 15 is 0 Å². The van der Waals surface area contributed by atoms with Crippen molar-refractivity contribution in [3.8, 4) is 5.88 Å². The van der Waals surface area contributed by atoms with Crippen LogP contribution in [0, 0.1) is 0 Å². The number of thioether (sulfide) groups is 1. The van der Waals surface area contributed by atoms with Gasteiger partial charge in [-0.15, -0.1) is 16.8 Å². The third-order valence-corrected chi connectivity index (χ3v) is 3.12. The molecule has 2 heterocycles. The van der Waals surface area contributed by atoms with Crippen molar-refractivity contribution in [2.45, 2.75) is 46.0 Å². The molecule has 132 valence electrons. The van der Waals surface area contributed by atoms with Crippen molar-refractivity contribution in [2.24, 2.45) is 0 Å². The first-order valence-corrected chi connectivity index (χ1v) is 9.12. The van der Waals surface area contributed by atoms with Gasteiger partial charge < -0.3 is 10.1 Å². The summed E-state index contributed by atoms with van der Waals surface area (Å²) in [4.78, 5) is 4.37. The van der Waals surface area contributed by atoms with E-state index in [-0.39, 0.29) is 6.23 Å².